The van der Waals surface area contributed by atoms with Gasteiger partial charge in [-0.1, -0.05) is 18.9 Å². The first kappa shape index (κ1) is 19.2. The molecule has 1 aromatic carbocycles. The molecule has 0 spiro atoms. The number of benzene rings is 1. The third-order valence-corrected chi connectivity index (χ3v) is 5.29. The second kappa shape index (κ2) is 7.36. The summed E-state index contributed by atoms with van der Waals surface area (Å²) in [6, 6.07) is 10.5. The number of aromatic nitrogens is 3. The highest BCUT2D eigenvalue weighted by Gasteiger charge is 2.44. The molecule has 0 bridgehead atoms. The Labute approximate surface area is 165 Å². The molecule has 0 saturated carbocycles. The van der Waals surface area contributed by atoms with E-state index in [4.69, 9.17) is 0 Å². The van der Waals surface area contributed by atoms with Crippen LogP contribution in [0.5, 0.6) is 0 Å². The highest BCUT2D eigenvalue weighted by atomic mass is 19.4. The summed E-state index contributed by atoms with van der Waals surface area (Å²) in [5.41, 5.74) is 1.43. The number of halogens is 3. The third-order valence-electron chi connectivity index (χ3n) is 5.29. The highest BCUT2D eigenvalue weighted by Crippen LogP contribution is 2.37. The predicted molar refractivity (Wildman–Crippen MR) is 103 cm³/mol. The van der Waals surface area contributed by atoms with Gasteiger partial charge in [0.25, 0.3) is 5.56 Å². The summed E-state index contributed by atoms with van der Waals surface area (Å²) in [6.45, 7) is 1.56. The van der Waals surface area contributed by atoms with Crippen LogP contribution in [-0.2, 0) is 13.0 Å². The molecule has 3 aromatic rings. The lowest BCUT2D eigenvalue weighted by Gasteiger charge is -2.23. The van der Waals surface area contributed by atoms with Gasteiger partial charge in [0.2, 0.25) is 0 Å². The van der Waals surface area contributed by atoms with Crippen molar-refractivity contribution in [2.45, 2.75) is 32.5 Å². The van der Waals surface area contributed by atoms with E-state index in [2.05, 4.69) is 21.8 Å². The summed E-state index contributed by atoms with van der Waals surface area (Å²) in [5.74, 6) is 4.21. The molecule has 148 valence electrons. The van der Waals surface area contributed by atoms with Crippen molar-refractivity contribution in [2.75, 3.05) is 0 Å². The SMILES string of the molecule is CC1Cn2c(nc3cc(C#Cc4ccccn4)ccc3c2=O)CCC1C(F)(F)F. The number of rotatable bonds is 0. The van der Waals surface area contributed by atoms with E-state index in [1.807, 2.05) is 6.07 Å². The van der Waals surface area contributed by atoms with E-state index in [0.717, 1.165) is 0 Å². The van der Waals surface area contributed by atoms with E-state index in [1.54, 1.807) is 43.5 Å². The number of pyridine rings is 1. The molecule has 0 fully saturated rings. The fourth-order valence-electron chi connectivity index (χ4n) is 3.77. The molecule has 0 N–H and O–H groups in total. The summed E-state index contributed by atoms with van der Waals surface area (Å²) in [5, 5.41) is 0.384. The van der Waals surface area contributed by atoms with Gasteiger partial charge in [-0.25, -0.2) is 9.97 Å². The number of nitrogens with zero attached hydrogens (tertiary/aromatic N) is 3. The Morgan fingerprint density at radius 1 is 1.17 bits per heavy atom. The van der Waals surface area contributed by atoms with Gasteiger partial charge in [-0.15, -0.1) is 0 Å². The van der Waals surface area contributed by atoms with Crippen molar-refractivity contribution >= 4 is 10.9 Å². The summed E-state index contributed by atoms with van der Waals surface area (Å²) < 4.78 is 41.4. The van der Waals surface area contributed by atoms with Gasteiger partial charge in [-0.05, 0) is 48.6 Å². The van der Waals surface area contributed by atoms with E-state index >= 15 is 0 Å². The molecule has 29 heavy (non-hydrogen) atoms. The van der Waals surface area contributed by atoms with E-state index < -0.39 is 18.0 Å². The molecule has 0 radical (unpaired) electrons. The van der Waals surface area contributed by atoms with Crippen LogP contribution in [0.25, 0.3) is 10.9 Å². The predicted octanol–water partition coefficient (Wildman–Crippen LogP) is 3.95. The van der Waals surface area contributed by atoms with Gasteiger partial charge in [-0.3, -0.25) is 9.36 Å². The minimum Gasteiger partial charge on any atom is -0.296 e. The molecular weight excluding hydrogens is 379 g/mol. The van der Waals surface area contributed by atoms with E-state index in [-0.39, 0.29) is 24.9 Å². The van der Waals surface area contributed by atoms with Gasteiger partial charge in [0, 0.05) is 24.7 Å². The molecule has 0 amide bonds. The lowest BCUT2D eigenvalue weighted by atomic mass is 9.90. The van der Waals surface area contributed by atoms with Gasteiger partial charge in [0.15, 0.2) is 0 Å². The fraction of sp³-hybridized carbons (Fsp3) is 0.318. The standard InChI is InChI=1S/C22H18F3N3O/c1-14-13-28-20(10-9-18(14)22(23,24)25)27-19-12-15(6-8-17(19)21(28)29)5-7-16-4-2-3-11-26-16/h2-4,6,8,11-12,14,18H,9-10,13H2,1H3. The van der Waals surface area contributed by atoms with Gasteiger partial charge < -0.3 is 0 Å². The van der Waals surface area contributed by atoms with Crippen LogP contribution in [0.4, 0.5) is 13.2 Å². The van der Waals surface area contributed by atoms with Crippen LogP contribution < -0.4 is 5.56 Å². The van der Waals surface area contributed by atoms with Crippen molar-refractivity contribution < 1.29 is 13.2 Å². The zero-order valence-electron chi connectivity index (χ0n) is 15.7. The Bertz CT molecular complexity index is 1170. The molecule has 3 heterocycles. The Morgan fingerprint density at radius 3 is 2.72 bits per heavy atom. The number of fused-ring (bicyclic) bond motifs is 2. The second-order valence-corrected chi connectivity index (χ2v) is 7.30. The first-order chi connectivity index (χ1) is 13.8. The number of alkyl halides is 3. The zero-order chi connectivity index (χ0) is 20.6. The molecule has 2 aromatic heterocycles. The normalized spacial score (nSPS) is 19.2. The van der Waals surface area contributed by atoms with Gasteiger partial charge in [-0.2, -0.15) is 13.2 Å². The smallest absolute Gasteiger partial charge is 0.296 e. The Balaban J connectivity index is 1.73. The summed E-state index contributed by atoms with van der Waals surface area (Å²) in [4.78, 5) is 21.6. The maximum Gasteiger partial charge on any atom is 0.392 e. The number of aryl methyl sites for hydroxylation is 1. The van der Waals surface area contributed by atoms with Crippen LogP contribution in [-0.4, -0.2) is 20.7 Å². The molecule has 2 atom stereocenters. The second-order valence-electron chi connectivity index (χ2n) is 7.30. The molecule has 4 nitrogen and oxygen atoms in total. The molecule has 1 aliphatic heterocycles. The average molecular weight is 397 g/mol. The fourth-order valence-corrected chi connectivity index (χ4v) is 3.77. The lowest BCUT2D eigenvalue weighted by Crippen LogP contribution is -2.32. The molecule has 7 heteroatoms. The molecule has 4 rings (SSSR count). The number of hydrogen-bond acceptors (Lipinski definition) is 3. The Morgan fingerprint density at radius 2 is 2.00 bits per heavy atom. The molecule has 0 saturated heterocycles. The minimum atomic E-state index is -4.28. The van der Waals surface area contributed by atoms with Crippen molar-refractivity contribution in [3.05, 3.63) is 70.0 Å². The molecule has 1 aliphatic rings. The Kier molecular flexibility index (Phi) is 4.87. The Hall–Kier alpha value is -3.14. The zero-order valence-corrected chi connectivity index (χ0v) is 15.7. The van der Waals surface area contributed by atoms with Gasteiger partial charge in [0.1, 0.15) is 11.5 Å². The molecule has 0 aliphatic carbocycles. The summed E-state index contributed by atoms with van der Waals surface area (Å²) in [7, 11) is 0. The molecular formula is C22H18F3N3O. The largest absolute Gasteiger partial charge is 0.392 e. The van der Waals surface area contributed by atoms with E-state index in [1.165, 1.54) is 4.57 Å². The van der Waals surface area contributed by atoms with Crippen molar-refractivity contribution in [2.24, 2.45) is 11.8 Å². The first-order valence-corrected chi connectivity index (χ1v) is 9.36. The quantitative estimate of drug-likeness (QED) is 0.540. The average Bonchev–Trinajstić information content (AvgIpc) is 2.86. The van der Waals surface area contributed by atoms with Crippen LogP contribution in [0.1, 0.15) is 30.4 Å². The first-order valence-electron chi connectivity index (χ1n) is 9.36. The van der Waals surface area contributed by atoms with Crippen LogP contribution in [0.3, 0.4) is 0 Å². The topological polar surface area (TPSA) is 47.8 Å². The van der Waals surface area contributed by atoms with E-state index in [0.29, 0.717) is 28.0 Å². The van der Waals surface area contributed by atoms with Crippen molar-refractivity contribution in [1.29, 1.82) is 0 Å². The van der Waals surface area contributed by atoms with Gasteiger partial charge >= 0.3 is 6.18 Å². The number of hydrogen-bond donors (Lipinski definition) is 0. The highest BCUT2D eigenvalue weighted by molar-refractivity contribution is 5.79. The maximum absolute atomic E-state index is 13.3. The summed E-state index contributed by atoms with van der Waals surface area (Å²) in [6.07, 6.45) is -2.58. The van der Waals surface area contributed by atoms with Gasteiger partial charge in [0.05, 0.1) is 16.8 Å². The van der Waals surface area contributed by atoms with Crippen LogP contribution in [0.15, 0.2) is 47.4 Å². The maximum atomic E-state index is 13.3. The van der Waals surface area contributed by atoms with Crippen LogP contribution in [0.2, 0.25) is 0 Å². The third kappa shape index (κ3) is 3.88. The summed E-state index contributed by atoms with van der Waals surface area (Å²) >= 11 is 0. The van der Waals surface area contributed by atoms with Crippen molar-refractivity contribution in [3.8, 4) is 11.8 Å². The van der Waals surface area contributed by atoms with E-state index in [9.17, 15) is 18.0 Å². The minimum absolute atomic E-state index is 0.0164. The monoisotopic (exact) mass is 397 g/mol. The van der Waals surface area contributed by atoms with Crippen LogP contribution >= 0.6 is 0 Å². The van der Waals surface area contributed by atoms with Crippen molar-refractivity contribution in [1.82, 2.24) is 14.5 Å². The van der Waals surface area contributed by atoms with Crippen LogP contribution in [0, 0.1) is 23.7 Å². The molecule has 2 unspecified atom stereocenters. The lowest BCUT2D eigenvalue weighted by molar-refractivity contribution is -0.189. The van der Waals surface area contributed by atoms with Crippen molar-refractivity contribution in [3.63, 3.8) is 0 Å².